The lowest BCUT2D eigenvalue weighted by Crippen LogP contribution is -2.17. The highest BCUT2D eigenvalue weighted by molar-refractivity contribution is 9.10. The van der Waals surface area contributed by atoms with Gasteiger partial charge in [0, 0.05) is 6.04 Å². The molecule has 2 N–H and O–H groups in total. The lowest BCUT2D eigenvalue weighted by Gasteiger charge is -2.08. The molecular formula is C14H18BrN3. The molecule has 1 aromatic heterocycles. The van der Waals surface area contributed by atoms with Gasteiger partial charge in [-0.1, -0.05) is 12.1 Å². The molecule has 3 nitrogen and oxygen atoms in total. The minimum atomic E-state index is 0.193. The van der Waals surface area contributed by atoms with Crippen molar-refractivity contribution in [2.24, 2.45) is 5.73 Å². The fraction of sp³-hybridized carbons (Fsp3) is 0.357. The Hall–Kier alpha value is -1.13. The molecule has 0 aliphatic rings. The average Bonchev–Trinajstić information content (AvgIpc) is 2.57. The van der Waals surface area contributed by atoms with Crippen LogP contribution < -0.4 is 5.73 Å². The zero-order chi connectivity index (χ0) is 13.3. The van der Waals surface area contributed by atoms with Crippen LogP contribution in [0.3, 0.4) is 0 Å². The normalized spacial score (nSPS) is 12.7. The van der Waals surface area contributed by atoms with Gasteiger partial charge in [0.05, 0.1) is 21.5 Å². The van der Waals surface area contributed by atoms with Crippen molar-refractivity contribution in [1.29, 1.82) is 0 Å². The summed E-state index contributed by atoms with van der Waals surface area (Å²) >= 11 is 3.54. The molecule has 4 heteroatoms. The summed E-state index contributed by atoms with van der Waals surface area (Å²) in [6.07, 6.45) is 0.904. The first-order chi connectivity index (χ1) is 8.49. The third kappa shape index (κ3) is 2.65. The number of benzene rings is 1. The van der Waals surface area contributed by atoms with Gasteiger partial charge in [0.25, 0.3) is 0 Å². The molecule has 96 valence electrons. The zero-order valence-electron chi connectivity index (χ0n) is 10.9. The molecule has 2 aromatic rings. The van der Waals surface area contributed by atoms with Gasteiger partial charge in [-0.05, 0) is 60.8 Å². The van der Waals surface area contributed by atoms with Crippen molar-refractivity contribution < 1.29 is 0 Å². The minimum absolute atomic E-state index is 0.193. The maximum atomic E-state index is 5.80. The molecule has 1 aromatic carbocycles. The largest absolute Gasteiger partial charge is 0.328 e. The van der Waals surface area contributed by atoms with Crippen LogP contribution in [-0.2, 0) is 6.42 Å². The number of hydrogen-bond acceptors (Lipinski definition) is 2. The van der Waals surface area contributed by atoms with E-state index < -0.39 is 0 Å². The third-order valence-corrected chi connectivity index (χ3v) is 4.09. The first kappa shape index (κ1) is 13.3. The van der Waals surface area contributed by atoms with Gasteiger partial charge in [-0.2, -0.15) is 5.10 Å². The van der Waals surface area contributed by atoms with Crippen LogP contribution in [0.15, 0.2) is 28.7 Å². The Labute approximate surface area is 116 Å². The van der Waals surface area contributed by atoms with E-state index in [9.17, 15) is 0 Å². The number of hydrogen-bond donors (Lipinski definition) is 1. The van der Waals surface area contributed by atoms with E-state index in [1.54, 1.807) is 0 Å². The van der Waals surface area contributed by atoms with Crippen molar-refractivity contribution in [2.45, 2.75) is 33.2 Å². The molecule has 0 aliphatic heterocycles. The number of halogens is 1. The highest BCUT2D eigenvalue weighted by Crippen LogP contribution is 2.23. The van der Waals surface area contributed by atoms with Crippen LogP contribution in [0.25, 0.3) is 5.69 Å². The summed E-state index contributed by atoms with van der Waals surface area (Å²) in [6, 6.07) is 8.60. The van der Waals surface area contributed by atoms with E-state index in [-0.39, 0.29) is 6.04 Å². The van der Waals surface area contributed by atoms with Gasteiger partial charge in [0.1, 0.15) is 0 Å². The molecule has 0 saturated carbocycles. The fourth-order valence-corrected chi connectivity index (χ4v) is 2.27. The maximum absolute atomic E-state index is 5.80. The van der Waals surface area contributed by atoms with Crippen LogP contribution in [0.4, 0.5) is 0 Å². The lowest BCUT2D eigenvalue weighted by molar-refractivity contribution is 0.737. The van der Waals surface area contributed by atoms with Gasteiger partial charge in [-0.15, -0.1) is 0 Å². The average molecular weight is 308 g/mol. The second-order valence-electron chi connectivity index (χ2n) is 4.74. The van der Waals surface area contributed by atoms with Crippen molar-refractivity contribution in [2.75, 3.05) is 0 Å². The summed E-state index contributed by atoms with van der Waals surface area (Å²) in [4.78, 5) is 0. The van der Waals surface area contributed by atoms with E-state index in [1.807, 2.05) is 18.5 Å². The second kappa shape index (κ2) is 5.24. The van der Waals surface area contributed by atoms with Crippen molar-refractivity contribution in [1.82, 2.24) is 9.78 Å². The molecule has 1 atom stereocenters. The molecule has 0 fully saturated rings. The Balaban J connectivity index is 2.31. The van der Waals surface area contributed by atoms with Gasteiger partial charge in [0.2, 0.25) is 0 Å². The third-order valence-electron chi connectivity index (χ3n) is 2.94. The van der Waals surface area contributed by atoms with Gasteiger partial charge in [-0.25, -0.2) is 4.68 Å². The summed E-state index contributed by atoms with van der Waals surface area (Å²) in [5.74, 6) is 0. The van der Waals surface area contributed by atoms with Crippen LogP contribution in [0, 0.1) is 13.8 Å². The quantitative estimate of drug-likeness (QED) is 0.946. The van der Waals surface area contributed by atoms with E-state index >= 15 is 0 Å². The molecule has 0 amide bonds. The summed E-state index contributed by atoms with van der Waals surface area (Å²) in [6.45, 7) is 6.07. The smallest absolute Gasteiger partial charge is 0.0743 e. The first-order valence-corrected chi connectivity index (χ1v) is 6.85. The molecule has 2 rings (SSSR count). The predicted octanol–water partition coefficient (Wildman–Crippen LogP) is 3.14. The molecule has 0 bridgehead atoms. The maximum Gasteiger partial charge on any atom is 0.0743 e. The van der Waals surface area contributed by atoms with E-state index in [0.717, 1.165) is 28.0 Å². The number of aromatic nitrogens is 2. The van der Waals surface area contributed by atoms with Gasteiger partial charge < -0.3 is 5.73 Å². The van der Waals surface area contributed by atoms with E-state index in [0.29, 0.717) is 0 Å². The molecule has 0 aliphatic carbocycles. The van der Waals surface area contributed by atoms with Gasteiger partial charge >= 0.3 is 0 Å². The number of rotatable bonds is 3. The SMILES string of the molecule is Cc1nn(-c2ccc(CC(C)N)cc2)c(C)c1Br. The molecule has 0 radical (unpaired) electrons. The minimum Gasteiger partial charge on any atom is -0.328 e. The molecule has 0 spiro atoms. The van der Waals surface area contributed by atoms with Crippen LogP contribution in [-0.4, -0.2) is 15.8 Å². The van der Waals surface area contributed by atoms with Crippen molar-refractivity contribution in [3.8, 4) is 5.69 Å². The summed E-state index contributed by atoms with van der Waals surface area (Å²) < 4.78 is 3.02. The highest BCUT2D eigenvalue weighted by atomic mass is 79.9. The molecular weight excluding hydrogens is 290 g/mol. The molecule has 0 saturated heterocycles. The Bertz CT molecular complexity index is 541. The fourth-order valence-electron chi connectivity index (χ4n) is 2.02. The first-order valence-electron chi connectivity index (χ1n) is 6.05. The van der Waals surface area contributed by atoms with Crippen LogP contribution in [0.2, 0.25) is 0 Å². The topological polar surface area (TPSA) is 43.8 Å². The van der Waals surface area contributed by atoms with Crippen LogP contribution in [0.5, 0.6) is 0 Å². The Morgan fingerprint density at radius 1 is 1.28 bits per heavy atom. The predicted molar refractivity (Wildman–Crippen MR) is 78.1 cm³/mol. The standard InChI is InChI=1S/C14H18BrN3/c1-9(16)8-12-4-6-13(7-5-12)18-11(3)14(15)10(2)17-18/h4-7,9H,8,16H2,1-3H3. The van der Waals surface area contributed by atoms with Crippen LogP contribution >= 0.6 is 15.9 Å². The van der Waals surface area contributed by atoms with Gasteiger partial charge in [-0.3, -0.25) is 0 Å². The summed E-state index contributed by atoms with van der Waals surface area (Å²) in [5.41, 5.74) is 10.3. The summed E-state index contributed by atoms with van der Waals surface area (Å²) in [5, 5.41) is 4.52. The second-order valence-corrected chi connectivity index (χ2v) is 5.54. The Morgan fingerprint density at radius 3 is 2.33 bits per heavy atom. The van der Waals surface area contributed by atoms with Crippen LogP contribution in [0.1, 0.15) is 23.9 Å². The van der Waals surface area contributed by atoms with Crippen molar-refractivity contribution >= 4 is 15.9 Å². The number of nitrogens with zero attached hydrogens (tertiary/aromatic N) is 2. The molecule has 1 unspecified atom stereocenters. The number of aryl methyl sites for hydroxylation is 1. The monoisotopic (exact) mass is 307 g/mol. The molecule has 18 heavy (non-hydrogen) atoms. The van der Waals surface area contributed by atoms with E-state index in [2.05, 4.69) is 52.2 Å². The Morgan fingerprint density at radius 2 is 1.89 bits per heavy atom. The summed E-state index contributed by atoms with van der Waals surface area (Å²) in [7, 11) is 0. The van der Waals surface area contributed by atoms with Crippen molar-refractivity contribution in [3.63, 3.8) is 0 Å². The van der Waals surface area contributed by atoms with Crippen molar-refractivity contribution in [3.05, 3.63) is 45.7 Å². The highest BCUT2D eigenvalue weighted by Gasteiger charge is 2.10. The zero-order valence-corrected chi connectivity index (χ0v) is 12.5. The van der Waals surface area contributed by atoms with E-state index in [1.165, 1.54) is 5.56 Å². The lowest BCUT2D eigenvalue weighted by atomic mass is 10.1. The number of nitrogens with two attached hydrogens (primary N) is 1. The van der Waals surface area contributed by atoms with Gasteiger partial charge in [0.15, 0.2) is 0 Å². The van der Waals surface area contributed by atoms with E-state index in [4.69, 9.17) is 5.73 Å². The molecule has 1 heterocycles. The Kier molecular flexibility index (Phi) is 3.88.